The summed E-state index contributed by atoms with van der Waals surface area (Å²) in [6.07, 6.45) is 2.43. The van der Waals surface area contributed by atoms with Gasteiger partial charge in [-0.05, 0) is 12.3 Å². The van der Waals surface area contributed by atoms with Crippen molar-refractivity contribution in [1.82, 2.24) is 19.6 Å². The van der Waals surface area contributed by atoms with Gasteiger partial charge in [-0.1, -0.05) is 20.8 Å². The summed E-state index contributed by atoms with van der Waals surface area (Å²) < 4.78 is 1.74. The van der Waals surface area contributed by atoms with E-state index in [0.29, 0.717) is 11.7 Å². The highest BCUT2D eigenvalue weighted by Gasteiger charge is 2.06. The minimum absolute atomic E-state index is 0.594. The predicted octanol–water partition coefficient (Wildman–Crippen LogP) is 1.75. The maximum Gasteiger partial charge on any atom is 0.254 e. The van der Waals surface area contributed by atoms with Crippen LogP contribution in [0.1, 0.15) is 26.5 Å². The molecule has 0 saturated carbocycles. The maximum absolute atomic E-state index is 4.39. The van der Waals surface area contributed by atoms with Crippen LogP contribution >= 0.6 is 0 Å². The lowest BCUT2D eigenvalue weighted by Crippen LogP contribution is -2.12. The molecular formula is C11H17N5. The molecule has 1 N–H and O–H groups in total. The highest BCUT2D eigenvalue weighted by molar-refractivity contribution is 5.44. The quantitative estimate of drug-likeness (QED) is 0.851. The summed E-state index contributed by atoms with van der Waals surface area (Å²) in [5.41, 5.74) is 1.03. The zero-order chi connectivity index (χ0) is 11.5. The summed E-state index contributed by atoms with van der Waals surface area (Å²) in [4.78, 5) is 8.51. The number of hydrogen-bond acceptors (Lipinski definition) is 4. The van der Waals surface area contributed by atoms with Crippen LogP contribution in [0.2, 0.25) is 0 Å². The maximum atomic E-state index is 4.39. The fourth-order valence-corrected chi connectivity index (χ4v) is 1.48. The average Bonchev–Trinajstić information content (AvgIpc) is 2.73. The lowest BCUT2D eigenvalue weighted by molar-refractivity contribution is 0.683. The molecule has 0 bridgehead atoms. The predicted molar refractivity (Wildman–Crippen MR) is 63.5 cm³/mol. The van der Waals surface area contributed by atoms with Gasteiger partial charge in [0.15, 0.2) is 0 Å². The van der Waals surface area contributed by atoms with Gasteiger partial charge in [0.25, 0.3) is 5.78 Å². The van der Waals surface area contributed by atoms with Gasteiger partial charge >= 0.3 is 0 Å². The van der Waals surface area contributed by atoms with Crippen LogP contribution in [-0.2, 0) is 6.42 Å². The van der Waals surface area contributed by atoms with Gasteiger partial charge in [-0.25, -0.2) is 4.98 Å². The molecule has 0 fully saturated rings. The third-order valence-corrected chi connectivity index (χ3v) is 2.36. The number of aryl methyl sites for hydroxylation is 1. The molecule has 16 heavy (non-hydrogen) atoms. The molecule has 0 spiro atoms. The lowest BCUT2D eigenvalue weighted by Gasteiger charge is -2.10. The van der Waals surface area contributed by atoms with Crippen LogP contribution in [0.3, 0.4) is 0 Å². The third kappa shape index (κ3) is 2.13. The van der Waals surface area contributed by atoms with Crippen molar-refractivity contribution >= 4 is 11.6 Å². The highest BCUT2D eigenvalue weighted by Crippen LogP contribution is 2.11. The number of nitrogens with one attached hydrogen (secondary N) is 1. The van der Waals surface area contributed by atoms with Gasteiger partial charge in [-0.2, -0.15) is 14.6 Å². The van der Waals surface area contributed by atoms with Crippen LogP contribution in [0.4, 0.5) is 5.82 Å². The number of anilines is 1. The molecule has 0 aliphatic carbocycles. The Balaban J connectivity index is 2.36. The van der Waals surface area contributed by atoms with E-state index in [4.69, 9.17) is 0 Å². The Bertz CT molecular complexity index is 474. The molecule has 0 unspecified atom stereocenters. The fourth-order valence-electron chi connectivity index (χ4n) is 1.48. The van der Waals surface area contributed by atoms with Crippen LogP contribution < -0.4 is 5.32 Å². The van der Waals surface area contributed by atoms with Crippen molar-refractivity contribution in [3.63, 3.8) is 0 Å². The van der Waals surface area contributed by atoms with Crippen LogP contribution in [0, 0.1) is 5.92 Å². The average molecular weight is 219 g/mol. The van der Waals surface area contributed by atoms with E-state index in [9.17, 15) is 0 Å². The first-order valence-corrected chi connectivity index (χ1v) is 5.64. The molecule has 5 heteroatoms. The van der Waals surface area contributed by atoms with Crippen LogP contribution in [0.5, 0.6) is 0 Å². The molecule has 5 nitrogen and oxygen atoms in total. The number of hydrogen-bond donors (Lipinski definition) is 1. The summed E-state index contributed by atoms with van der Waals surface area (Å²) >= 11 is 0. The normalized spacial score (nSPS) is 11.2. The van der Waals surface area contributed by atoms with Crippen LogP contribution in [0.25, 0.3) is 5.78 Å². The molecule has 0 radical (unpaired) electrons. The molecule has 0 saturated heterocycles. The van der Waals surface area contributed by atoms with Crippen LogP contribution in [0.15, 0.2) is 12.4 Å². The molecule has 2 aromatic heterocycles. The van der Waals surface area contributed by atoms with Gasteiger partial charge in [0.2, 0.25) is 0 Å². The second kappa shape index (κ2) is 4.47. The Hall–Kier alpha value is -1.65. The minimum Gasteiger partial charge on any atom is -0.370 e. The van der Waals surface area contributed by atoms with E-state index in [1.54, 1.807) is 4.52 Å². The van der Waals surface area contributed by atoms with Crippen molar-refractivity contribution in [3.05, 3.63) is 18.1 Å². The van der Waals surface area contributed by atoms with E-state index >= 15 is 0 Å². The van der Waals surface area contributed by atoms with Crippen molar-refractivity contribution in [2.75, 3.05) is 11.9 Å². The van der Waals surface area contributed by atoms with Crippen molar-refractivity contribution in [2.45, 2.75) is 27.2 Å². The Labute approximate surface area is 94.9 Å². The molecule has 0 aliphatic heterocycles. The standard InChI is InChI=1S/C11H17N5/c1-4-9-5-10(12-6-8(2)3)16-11(15-9)13-7-14-16/h5,7-8,12H,4,6H2,1-3H3. The first-order chi connectivity index (χ1) is 7.70. The monoisotopic (exact) mass is 219 g/mol. The summed E-state index contributed by atoms with van der Waals surface area (Å²) in [5.74, 6) is 2.22. The molecule has 2 rings (SSSR count). The molecular weight excluding hydrogens is 202 g/mol. The van der Waals surface area contributed by atoms with E-state index in [2.05, 4.69) is 41.2 Å². The molecule has 0 atom stereocenters. The second-order valence-electron chi connectivity index (χ2n) is 4.23. The Morgan fingerprint density at radius 3 is 2.94 bits per heavy atom. The van der Waals surface area contributed by atoms with E-state index in [0.717, 1.165) is 24.5 Å². The first-order valence-electron chi connectivity index (χ1n) is 5.64. The van der Waals surface area contributed by atoms with Crippen LogP contribution in [-0.4, -0.2) is 26.1 Å². The molecule has 0 amide bonds. The summed E-state index contributed by atoms with van der Waals surface area (Å²) in [6, 6.07) is 2.03. The van der Waals surface area contributed by atoms with Gasteiger partial charge in [0.1, 0.15) is 12.1 Å². The molecule has 0 aliphatic rings. The zero-order valence-electron chi connectivity index (χ0n) is 9.94. The SMILES string of the molecule is CCc1cc(NCC(C)C)n2ncnc2n1. The first kappa shape index (κ1) is 10.9. The summed E-state index contributed by atoms with van der Waals surface area (Å²) in [7, 11) is 0. The number of aromatic nitrogens is 4. The Kier molecular flexibility index (Phi) is 3.03. The van der Waals surface area contributed by atoms with E-state index < -0.39 is 0 Å². The molecule has 0 aromatic carbocycles. The molecule has 2 heterocycles. The Morgan fingerprint density at radius 2 is 2.25 bits per heavy atom. The second-order valence-corrected chi connectivity index (χ2v) is 4.23. The van der Waals surface area contributed by atoms with Gasteiger partial charge in [-0.15, -0.1) is 0 Å². The number of fused-ring (bicyclic) bond motifs is 1. The molecule has 86 valence electrons. The zero-order valence-corrected chi connectivity index (χ0v) is 9.94. The lowest BCUT2D eigenvalue weighted by atomic mass is 10.2. The van der Waals surface area contributed by atoms with Gasteiger partial charge in [-0.3, -0.25) is 0 Å². The van der Waals surface area contributed by atoms with E-state index in [1.807, 2.05) is 6.07 Å². The largest absolute Gasteiger partial charge is 0.370 e. The highest BCUT2D eigenvalue weighted by atomic mass is 15.3. The number of nitrogens with zero attached hydrogens (tertiary/aromatic N) is 4. The van der Waals surface area contributed by atoms with Crippen molar-refractivity contribution in [3.8, 4) is 0 Å². The number of rotatable bonds is 4. The van der Waals surface area contributed by atoms with Crippen molar-refractivity contribution in [2.24, 2.45) is 5.92 Å². The van der Waals surface area contributed by atoms with E-state index in [-0.39, 0.29) is 0 Å². The summed E-state index contributed by atoms with van der Waals surface area (Å²) in [6.45, 7) is 7.35. The van der Waals surface area contributed by atoms with Gasteiger partial charge in [0.05, 0.1) is 0 Å². The van der Waals surface area contributed by atoms with Crippen molar-refractivity contribution < 1.29 is 0 Å². The fraction of sp³-hybridized carbons (Fsp3) is 0.545. The topological polar surface area (TPSA) is 55.1 Å². The smallest absolute Gasteiger partial charge is 0.254 e. The van der Waals surface area contributed by atoms with Crippen molar-refractivity contribution in [1.29, 1.82) is 0 Å². The Morgan fingerprint density at radius 1 is 1.44 bits per heavy atom. The van der Waals surface area contributed by atoms with Gasteiger partial charge in [0, 0.05) is 18.3 Å². The minimum atomic E-state index is 0.594. The van der Waals surface area contributed by atoms with E-state index in [1.165, 1.54) is 6.33 Å². The van der Waals surface area contributed by atoms with Gasteiger partial charge < -0.3 is 5.32 Å². The summed E-state index contributed by atoms with van der Waals surface area (Å²) in [5, 5.41) is 7.52. The third-order valence-electron chi connectivity index (χ3n) is 2.36. The molecule has 2 aromatic rings.